The maximum atomic E-state index is 10.6. The van der Waals surface area contributed by atoms with Crippen molar-refractivity contribution in [1.82, 2.24) is 0 Å². The van der Waals surface area contributed by atoms with Crippen LogP contribution < -0.4 is 0 Å². The quantitative estimate of drug-likeness (QED) is 0.659. The molecule has 0 aliphatic rings. The van der Waals surface area contributed by atoms with Crippen molar-refractivity contribution in [2.75, 3.05) is 6.66 Å². The fourth-order valence-corrected chi connectivity index (χ4v) is 0.0319. The predicted molar refractivity (Wildman–Crippen MR) is 28.2 cm³/mol. The summed E-state index contributed by atoms with van der Waals surface area (Å²) in [4.78, 5) is 0. The third kappa shape index (κ3) is 4.64. The van der Waals surface area contributed by atoms with E-state index in [1.807, 2.05) is 0 Å². The molecular formula is CH4BrF2O3P. The van der Waals surface area contributed by atoms with Crippen LogP contribution in [0.4, 0.5) is 9.05 Å². The largest absolute Gasteiger partial charge is 0.392 e. The molecule has 3 nitrogen and oxygen atoms in total. The summed E-state index contributed by atoms with van der Waals surface area (Å²) in [6, 6.07) is 0. The van der Waals surface area contributed by atoms with Crippen LogP contribution in [-0.4, -0.2) is 6.66 Å². The summed E-state index contributed by atoms with van der Waals surface area (Å²) in [5.74, 6) is 0. The molecule has 0 bridgehead atoms. The fourth-order valence-electron chi connectivity index (χ4n) is 0.0106. The highest BCUT2D eigenvalue weighted by Gasteiger charge is 2.17. The van der Waals surface area contributed by atoms with Crippen LogP contribution in [0.25, 0.3) is 0 Å². The van der Waals surface area contributed by atoms with E-state index in [1.165, 1.54) is 0 Å². The lowest BCUT2D eigenvalue weighted by Gasteiger charge is -1.94. The van der Waals surface area contributed by atoms with Crippen LogP contribution in [0.1, 0.15) is 0 Å². The number of hydrogen-bond donors (Lipinski definition) is 0. The molecule has 0 amide bonds. The Morgan fingerprint density at radius 3 is 1.62 bits per heavy atom. The van der Waals surface area contributed by atoms with Crippen molar-refractivity contribution in [1.29, 1.82) is 0 Å². The Hall–Kier alpha value is 0.490. The summed E-state index contributed by atoms with van der Waals surface area (Å²) in [5.41, 5.74) is 0. The van der Waals surface area contributed by atoms with Crippen molar-refractivity contribution in [2.45, 2.75) is 0 Å². The average Bonchev–Trinajstić information content (AvgIpc) is 1.68. The van der Waals surface area contributed by atoms with Gasteiger partial charge in [-0.15, -0.1) is 26.4 Å². The Balaban J connectivity index is 0. The van der Waals surface area contributed by atoms with E-state index >= 15 is 0 Å². The molecule has 0 aromatic heterocycles. The van der Waals surface area contributed by atoms with E-state index in [0.29, 0.717) is 6.66 Å². The first-order chi connectivity index (χ1) is 3.12. The first-order valence-electron chi connectivity index (χ1n) is 1.30. The van der Waals surface area contributed by atoms with Crippen LogP contribution >= 0.6 is 24.6 Å². The molecule has 0 fully saturated rings. The van der Waals surface area contributed by atoms with Crippen LogP contribution in [0.15, 0.2) is 0 Å². The lowest BCUT2D eigenvalue weighted by atomic mass is 12.0. The Morgan fingerprint density at radius 2 is 1.62 bits per heavy atom. The highest BCUT2D eigenvalue weighted by Crippen LogP contribution is 2.44. The Bertz CT molecular complexity index is 89.3. The summed E-state index contributed by atoms with van der Waals surface area (Å²) in [6.07, 6.45) is 0. The molecule has 0 rings (SSSR count). The second-order valence-electron chi connectivity index (χ2n) is 0.909. The molecule has 0 N–H and O–H groups in total. The monoisotopic (exact) mass is 212 g/mol. The predicted octanol–water partition coefficient (Wildman–Crippen LogP) is 2.19. The van der Waals surface area contributed by atoms with E-state index < -0.39 is 7.60 Å². The minimum atomic E-state index is -3.99. The topological polar surface area (TPSA) is 35.5 Å². The second-order valence-corrected chi connectivity index (χ2v) is 2.73. The summed E-state index contributed by atoms with van der Waals surface area (Å²) in [6.45, 7) is 0.660. The highest BCUT2D eigenvalue weighted by atomic mass is 79.9. The van der Waals surface area contributed by atoms with Gasteiger partial charge in [-0.05, 0) is 9.05 Å². The van der Waals surface area contributed by atoms with Gasteiger partial charge >= 0.3 is 7.60 Å². The second kappa shape index (κ2) is 4.38. The molecule has 0 heterocycles. The molecule has 0 radical (unpaired) electrons. The minimum absolute atomic E-state index is 0. The van der Waals surface area contributed by atoms with Gasteiger partial charge in [-0.25, -0.2) is 0 Å². The lowest BCUT2D eigenvalue weighted by Crippen LogP contribution is -1.74. The van der Waals surface area contributed by atoms with Crippen molar-refractivity contribution in [3.8, 4) is 0 Å². The van der Waals surface area contributed by atoms with E-state index in [2.05, 4.69) is 9.46 Å². The third-order valence-electron chi connectivity index (χ3n) is 0.251. The molecule has 0 saturated heterocycles. The van der Waals surface area contributed by atoms with Gasteiger partial charge in [0.1, 0.15) is 0 Å². The van der Waals surface area contributed by atoms with Crippen LogP contribution in [0, 0.1) is 0 Å². The van der Waals surface area contributed by atoms with E-state index in [1.54, 1.807) is 0 Å². The Morgan fingerprint density at radius 1 is 1.38 bits per heavy atom. The molecule has 0 aliphatic carbocycles. The first-order valence-corrected chi connectivity index (χ1v) is 3.29. The summed E-state index contributed by atoms with van der Waals surface area (Å²) >= 11 is 0. The normalized spacial score (nSPS) is 10.4. The van der Waals surface area contributed by atoms with Crippen LogP contribution in [0.2, 0.25) is 0 Å². The maximum Gasteiger partial charge on any atom is 0.392 e. The van der Waals surface area contributed by atoms with E-state index in [4.69, 9.17) is 0 Å². The van der Waals surface area contributed by atoms with Crippen LogP contribution in [0.3, 0.4) is 0 Å². The molecule has 0 aromatic carbocycles. The summed E-state index contributed by atoms with van der Waals surface area (Å²) < 4.78 is 36.1. The molecule has 0 unspecified atom stereocenters. The molecule has 7 heteroatoms. The standard InChI is InChI=1S/CH3F2O3P.BrH/c1-7(4,5-2)6-3;/h1H3;1H. The highest BCUT2D eigenvalue weighted by molar-refractivity contribution is 8.93. The molecule has 0 aliphatic heterocycles. The number of halogens is 3. The Labute approximate surface area is 55.1 Å². The molecular weight excluding hydrogens is 209 g/mol. The average molecular weight is 213 g/mol. The summed E-state index contributed by atoms with van der Waals surface area (Å²) in [5, 5.41) is 0. The van der Waals surface area contributed by atoms with Gasteiger partial charge in [0.2, 0.25) is 0 Å². The zero-order chi connectivity index (χ0) is 5.91. The zero-order valence-corrected chi connectivity index (χ0v) is 6.44. The first kappa shape index (κ1) is 11.3. The minimum Gasteiger partial charge on any atom is -0.255 e. The SMILES string of the molecule is Br.CP(=O)(OF)OF. The summed E-state index contributed by atoms with van der Waals surface area (Å²) in [7, 11) is -3.99. The molecule has 0 spiro atoms. The van der Waals surface area contributed by atoms with Gasteiger partial charge in [-0.3, -0.25) is 4.57 Å². The zero-order valence-electron chi connectivity index (χ0n) is 3.84. The smallest absolute Gasteiger partial charge is 0.255 e. The molecule has 0 saturated carbocycles. The van der Waals surface area contributed by atoms with Crippen molar-refractivity contribution in [3.63, 3.8) is 0 Å². The van der Waals surface area contributed by atoms with E-state index in [9.17, 15) is 13.6 Å². The number of rotatable bonds is 2. The molecule has 0 atom stereocenters. The van der Waals surface area contributed by atoms with Crippen molar-refractivity contribution < 1.29 is 23.1 Å². The van der Waals surface area contributed by atoms with Gasteiger partial charge in [0.15, 0.2) is 0 Å². The molecule has 0 aromatic rings. The molecule has 52 valence electrons. The third-order valence-corrected chi connectivity index (χ3v) is 0.752. The van der Waals surface area contributed by atoms with E-state index in [-0.39, 0.29) is 17.0 Å². The van der Waals surface area contributed by atoms with Gasteiger partial charge in [0, 0.05) is 6.66 Å². The van der Waals surface area contributed by atoms with Gasteiger partial charge in [-0.2, -0.15) is 0 Å². The van der Waals surface area contributed by atoms with Crippen molar-refractivity contribution >= 4 is 24.6 Å². The van der Waals surface area contributed by atoms with Gasteiger partial charge in [-0.1, -0.05) is 0 Å². The Kier molecular flexibility index (Phi) is 6.19. The van der Waals surface area contributed by atoms with Crippen molar-refractivity contribution in [2.24, 2.45) is 0 Å². The number of hydrogen-bond acceptors (Lipinski definition) is 3. The molecule has 8 heavy (non-hydrogen) atoms. The maximum absolute atomic E-state index is 10.6. The van der Waals surface area contributed by atoms with Crippen LogP contribution in [0.5, 0.6) is 0 Å². The van der Waals surface area contributed by atoms with Crippen molar-refractivity contribution in [3.05, 3.63) is 0 Å². The fraction of sp³-hybridized carbons (Fsp3) is 1.00. The van der Waals surface area contributed by atoms with E-state index in [0.717, 1.165) is 0 Å². The van der Waals surface area contributed by atoms with Gasteiger partial charge in [0.25, 0.3) is 0 Å². The lowest BCUT2D eigenvalue weighted by molar-refractivity contribution is -0.0853. The van der Waals surface area contributed by atoms with Gasteiger partial charge in [0.05, 0.1) is 0 Å². The van der Waals surface area contributed by atoms with Gasteiger partial charge < -0.3 is 0 Å². The van der Waals surface area contributed by atoms with Crippen LogP contribution in [-0.2, 0) is 14.0 Å².